The third-order valence-corrected chi connectivity index (χ3v) is 6.38. The Balaban J connectivity index is 1.63. The quantitative estimate of drug-likeness (QED) is 0.440. The van der Waals surface area contributed by atoms with Crippen molar-refractivity contribution >= 4 is 17.3 Å². The molecule has 0 spiro atoms. The SMILES string of the molecule is Cc1ccnc(-n2c(C)cc(C3C(c4ccccn4)NC(=S)N3Cc3ccco3)c2C)c1. The molecule has 1 aliphatic rings. The summed E-state index contributed by atoms with van der Waals surface area (Å²) in [5.41, 5.74) is 5.60. The molecule has 4 aromatic rings. The Morgan fingerprint density at radius 3 is 2.62 bits per heavy atom. The number of nitrogens with zero attached hydrogens (tertiary/aromatic N) is 4. The van der Waals surface area contributed by atoms with Crippen LogP contribution < -0.4 is 5.32 Å². The van der Waals surface area contributed by atoms with Crippen molar-refractivity contribution in [2.45, 2.75) is 39.4 Å². The Bertz CT molecular complexity index is 1250. The van der Waals surface area contributed by atoms with Crippen molar-refractivity contribution in [3.05, 3.63) is 101 Å². The molecule has 0 amide bonds. The molecule has 2 unspecified atom stereocenters. The van der Waals surface area contributed by atoms with Gasteiger partial charge >= 0.3 is 0 Å². The van der Waals surface area contributed by atoms with E-state index in [0.29, 0.717) is 11.7 Å². The summed E-state index contributed by atoms with van der Waals surface area (Å²) in [4.78, 5) is 11.5. The third kappa shape index (κ3) is 3.58. The monoisotopic (exact) mass is 443 g/mol. The molecule has 0 saturated carbocycles. The first-order valence-electron chi connectivity index (χ1n) is 10.7. The van der Waals surface area contributed by atoms with Crippen LogP contribution in [0.3, 0.4) is 0 Å². The fraction of sp³-hybridized carbons (Fsp3) is 0.240. The Hall–Kier alpha value is -3.45. The fourth-order valence-corrected chi connectivity index (χ4v) is 4.87. The Morgan fingerprint density at radius 1 is 1.03 bits per heavy atom. The molecule has 1 fully saturated rings. The second-order valence-corrected chi connectivity index (χ2v) is 8.57. The van der Waals surface area contributed by atoms with Crippen LogP contribution in [0.25, 0.3) is 5.82 Å². The molecule has 1 N–H and O–H groups in total. The summed E-state index contributed by atoms with van der Waals surface area (Å²) < 4.78 is 7.86. The average molecular weight is 444 g/mol. The van der Waals surface area contributed by atoms with E-state index in [1.807, 2.05) is 48.8 Å². The number of aromatic nitrogens is 3. The van der Waals surface area contributed by atoms with Gasteiger partial charge in [0.2, 0.25) is 0 Å². The van der Waals surface area contributed by atoms with Crippen molar-refractivity contribution in [1.29, 1.82) is 0 Å². The van der Waals surface area contributed by atoms with E-state index in [1.54, 1.807) is 6.26 Å². The minimum absolute atomic E-state index is 0.0349. The van der Waals surface area contributed by atoms with Crippen LogP contribution >= 0.6 is 12.2 Å². The van der Waals surface area contributed by atoms with E-state index >= 15 is 0 Å². The molecular weight excluding hydrogens is 418 g/mol. The molecule has 7 heteroatoms. The van der Waals surface area contributed by atoms with Crippen molar-refractivity contribution < 1.29 is 4.42 Å². The average Bonchev–Trinajstić information content (AvgIpc) is 3.48. The van der Waals surface area contributed by atoms with Crippen molar-refractivity contribution in [2.75, 3.05) is 0 Å². The highest BCUT2D eigenvalue weighted by Crippen LogP contribution is 2.42. The molecule has 1 saturated heterocycles. The molecule has 162 valence electrons. The number of hydrogen-bond acceptors (Lipinski definition) is 4. The maximum absolute atomic E-state index is 5.79. The summed E-state index contributed by atoms with van der Waals surface area (Å²) in [7, 11) is 0. The first-order valence-corrected chi connectivity index (χ1v) is 11.1. The van der Waals surface area contributed by atoms with Crippen molar-refractivity contribution in [2.24, 2.45) is 0 Å². The molecule has 1 aliphatic heterocycles. The molecule has 0 radical (unpaired) electrons. The molecule has 32 heavy (non-hydrogen) atoms. The third-order valence-electron chi connectivity index (χ3n) is 6.02. The molecular formula is C25H25N5OS. The standard InChI is InChI=1S/C25H25N5OS/c1-16-9-11-27-22(13-16)30-17(2)14-20(18(30)3)24-23(21-8-4-5-10-26-21)28-25(32)29(24)15-19-7-6-12-31-19/h4-14,23-24H,15H2,1-3H3,(H,28,32). The Kier molecular flexibility index (Phi) is 5.27. The number of furan rings is 1. The van der Waals surface area contributed by atoms with Crippen molar-refractivity contribution in [1.82, 2.24) is 24.8 Å². The van der Waals surface area contributed by atoms with Crippen LogP contribution in [0.2, 0.25) is 0 Å². The number of aryl methyl sites for hydroxylation is 2. The zero-order chi connectivity index (χ0) is 22.2. The van der Waals surface area contributed by atoms with Crippen LogP contribution in [0.1, 0.15) is 46.1 Å². The summed E-state index contributed by atoms with van der Waals surface area (Å²) in [5.74, 6) is 1.79. The largest absolute Gasteiger partial charge is 0.467 e. The molecule has 0 bridgehead atoms. The predicted molar refractivity (Wildman–Crippen MR) is 127 cm³/mol. The summed E-state index contributed by atoms with van der Waals surface area (Å²) in [6, 6.07) is 16.1. The number of rotatable bonds is 5. The van der Waals surface area contributed by atoms with Crippen LogP contribution in [0, 0.1) is 20.8 Å². The summed E-state index contributed by atoms with van der Waals surface area (Å²) in [5, 5.41) is 4.21. The lowest BCUT2D eigenvalue weighted by atomic mass is 9.96. The normalized spacial score (nSPS) is 18.2. The van der Waals surface area contributed by atoms with Gasteiger partial charge < -0.3 is 19.2 Å². The summed E-state index contributed by atoms with van der Waals surface area (Å²) in [6.45, 7) is 6.93. The lowest BCUT2D eigenvalue weighted by molar-refractivity contribution is 0.286. The van der Waals surface area contributed by atoms with Crippen LogP contribution in [0.4, 0.5) is 0 Å². The minimum atomic E-state index is -0.0712. The van der Waals surface area contributed by atoms with E-state index in [9.17, 15) is 0 Å². The maximum atomic E-state index is 5.79. The van der Waals surface area contributed by atoms with Gasteiger partial charge in [0.05, 0.1) is 30.6 Å². The van der Waals surface area contributed by atoms with E-state index < -0.39 is 0 Å². The number of pyridine rings is 2. The Labute approximate surface area is 192 Å². The van der Waals surface area contributed by atoms with Crippen LogP contribution in [0.5, 0.6) is 0 Å². The fourth-order valence-electron chi connectivity index (χ4n) is 4.57. The van der Waals surface area contributed by atoms with E-state index in [0.717, 1.165) is 28.7 Å². The number of thiocarbonyl (C=S) groups is 1. The Morgan fingerprint density at radius 2 is 1.91 bits per heavy atom. The highest BCUT2D eigenvalue weighted by atomic mass is 32.1. The summed E-state index contributed by atoms with van der Waals surface area (Å²) in [6.07, 6.45) is 5.38. The second-order valence-electron chi connectivity index (χ2n) is 8.19. The zero-order valence-electron chi connectivity index (χ0n) is 18.3. The highest BCUT2D eigenvalue weighted by molar-refractivity contribution is 7.80. The van der Waals surface area contributed by atoms with Crippen molar-refractivity contribution in [3.63, 3.8) is 0 Å². The molecule has 0 aliphatic carbocycles. The number of hydrogen-bond donors (Lipinski definition) is 1. The van der Waals surface area contributed by atoms with E-state index in [1.165, 1.54) is 11.1 Å². The van der Waals surface area contributed by atoms with Crippen LogP contribution in [0.15, 0.2) is 71.6 Å². The van der Waals surface area contributed by atoms with Gasteiger partial charge in [-0.1, -0.05) is 6.07 Å². The summed E-state index contributed by atoms with van der Waals surface area (Å²) >= 11 is 5.79. The number of nitrogens with one attached hydrogen (secondary N) is 1. The second kappa shape index (κ2) is 8.24. The van der Waals surface area contributed by atoms with Gasteiger partial charge in [0, 0.05) is 23.8 Å². The van der Waals surface area contributed by atoms with Gasteiger partial charge in [-0.05, 0) is 86.6 Å². The van der Waals surface area contributed by atoms with Crippen molar-refractivity contribution in [3.8, 4) is 5.82 Å². The first kappa shape index (κ1) is 20.5. The smallest absolute Gasteiger partial charge is 0.170 e. The topological polar surface area (TPSA) is 59.1 Å². The lowest BCUT2D eigenvalue weighted by Gasteiger charge is -2.27. The van der Waals surface area contributed by atoms with Gasteiger partial charge in [-0.2, -0.15) is 0 Å². The molecule has 5 heterocycles. The van der Waals surface area contributed by atoms with Gasteiger partial charge in [-0.3, -0.25) is 4.98 Å². The van der Waals surface area contributed by atoms with E-state index in [4.69, 9.17) is 16.6 Å². The molecule has 2 atom stereocenters. The predicted octanol–water partition coefficient (Wildman–Crippen LogP) is 4.96. The van der Waals surface area contributed by atoms with Crippen LogP contribution in [-0.2, 0) is 6.54 Å². The highest BCUT2D eigenvalue weighted by Gasteiger charge is 2.41. The van der Waals surface area contributed by atoms with Gasteiger partial charge in [0.25, 0.3) is 0 Å². The van der Waals surface area contributed by atoms with Gasteiger partial charge in [-0.15, -0.1) is 0 Å². The van der Waals surface area contributed by atoms with Gasteiger partial charge in [0.1, 0.15) is 11.6 Å². The molecule has 6 nitrogen and oxygen atoms in total. The zero-order valence-corrected chi connectivity index (χ0v) is 19.1. The first-order chi connectivity index (χ1) is 15.5. The molecule has 0 aromatic carbocycles. The van der Waals surface area contributed by atoms with Crippen LogP contribution in [-0.4, -0.2) is 24.5 Å². The maximum Gasteiger partial charge on any atom is 0.170 e. The van der Waals surface area contributed by atoms with E-state index in [2.05, 4.69) is 57.7 Å². The van der Waals surface area contributed by atoms with E-state index in [-0.39, 0.29) is 12.1 Å². The molecule has 4 aromatic heterocycles. The lowest BCUT2D eigenvalue weighted by Crippen LogP contribution is -2.29. The molecule has 5 rings (SSSR count). The van der Waals surface area contributed by atoms with Gasteiger partial charge in [0.15, 0.2) is 5.11 Å². The van der Waals surface area contributed by atoms with Gasteiger partial charge in [-0.25, -0.2) is 4.98 Å². The minimum Gasteiger partial charge on any atom is -0.467 e.